The maximum Gasteiger partial charge on any atom is 0.242 e. The van der Waals surface area contributed by atoms with Crippen molar-refractivity contribution >= 4 is 21.6 Å². The molecule has 0 saturated carbocycles. The van der Waals surface area contributed by atoms with E-state index in [0.717, 1.165) is 0 Å². The van der Waals surface area contributed by atoms with Gasteiger partial charge in [0.2, 0.25) is 15.9 Å². The van der Waals surface area contributed by atoms with E-state index in [9.17, 15) is 13.2 Å². The molecule has 1 amide bonds. The molecular formula is C12H19N3O3S. The zero-order valence-electron chi connectivity index (χ0n) is 11.1. The summed E-state index contributed by atoms with van der Waals surface area (Å²) in [5, 5.41) is 5.46. The SMILES string of the molecule is CCNC(=O)CNc1ccccc1S(=O)(=O)NCC. The van der Waals surface area contributed by atoms with Crippen LogP contribution in [0.4, 0.5) is 5.69 Å². The third-order valence-electron chi connectivity index (χ3n) is 2.32. The van der Waals surface area contributed by atoms with Crippen LogP contribution in [0.5, 0.6) is 0 Å². The van der Waals surface area contributed by atoms with Gasteiger partial charge in [0.25, 0.3) is 0 Å². The second kappa shape index (κ2) is 7.10. The predicted octanol–water partition coefficient (Wildman–Crippen LogP) is 0.533. The van der Waals surface area contributed by atoms with Gasteiger partial charge in [0.1, 0.15) is 4.90 Å². The topological polar surface area (TPSA) is 87.3 Å². The van der Waals surface area contributed by atoms with Crippen LogP contribution in [-0.4, -0.2) is 34.0 Å². The maximum absolute atomic E-state index is 12.0. The molecule has 106 valence electrons. The number of carbonyl (C=O) groups excluding carboxylic acids is 1. The van der Waals surface area contributed by atoms with E-state index in [1.165, 1.54) is 6.07 Å². The van der Waals surface area contributed by atoms with Gasteiger partial charge < -0.3 is 10.6 Å². The fourth-order valence-corrected chi connectivity index (χ4v) is 2.77. The number of likely N-dealkylation sites (N-methyl/N-ethyl adjacent to an activating group) is 1. The van der Waals surface area contributed by atoms with Crippen LogP contribution in [0.3, 0.4) is 0 Å². The van der Waals surface area contributed by atoms with Crippen molar-refractivity contribution in [3.8, 4) is 0 Å². The van der Waals surface area contributed by atoms with Crippen molar-refractivity contribution in [2.24, 2.45) is 0 Å². The quantitative estimate of drug-likeness (QED) is 0.682. The average Bonchev–Trinajstić information content (AvgIpc) is 2.37. The first-order chi connectivity index (χ1) is 9.01. The first-order valence-corrected chi connectivity index (χ1v) is 7.58. The Bertz CT molecular complexity index is 529. The Balaban J connectivity index is 2.88. The van der Waals surface area contributed by atoms with Crippen molar-refractivity contribution in [2.75, 3.05) is 25.0 Å². The summed E-state index contributed by atoms with van der Waals surface area (Å²) in [6.45, 7) is 4.42. The Kier molecular flexibility index (Phi) is 5.78. The van der Waals surface area contributed by atoms with E-state index in [0.29, 0.717) is 18.8 Å². The van der Waals surface area contributed by atoms with Gasteiger partial charge in [-0.05, 0) is 19.1 Å². The summed E-state index contributed by atoms with van der Waals surface area (Å²) in [7, 11) is -3.55. The van der Waals surface area contributed by atoms with Crippen LogP contribution in [-0.2, 0) is 14.8 Å². The molecular weight excluding hydrogens is 266 g/mol. The lowest BCUT2D eigenvalue weighted by Crippen LogP contribution is -2.30. The van der Waals surface area contributed by atoms with Crippen molar-refractivity contribution in [1.82, 2.24) is 10.0 Å². The molecule has 6 nitrogen and oxygen atoms in total. The van der Waals surface area contributed by atoms with Gasteiger partial charge in [0.15, 0.2) is 0 Å². The number of sulfonamides is 1. The first-order valence-electron chi connectivity index (χ1n) is 6.10. The van der Waals surface area contributed by atoms with E-state index >= 15 is 0 Å². The minimum atomic E-state index is -3.55. The molecule has 0 spiro atoms. The third-order valence-corrected chi connectivity index (χ3v) is 3.93. The maximum atomic E-state index is 12.0. The van der Waals surface area contributed by atoms with Gasteiger partial charge in [-0.25, -0.2) is 13.1 Å². The molecule has 0 aliphatic rings. The molecule has 1 rings (SSSR count). The lowest BCUT2D eigenvalue weighted by molar-refractivity contribution is -0.119. The number of hydrogen-bond acceptors (Lipinski definition) is 4. The average molecular weight is 285 g/mol. The van der Waals surface area contributed by atoms with Gasteiger partial charge in [0.05, 0.1) is 12.2 Å². The molecule has 0 fully saturated rings. The minimum Gasteiger partial charge on any atom is -0.375 e. The number of benzene rings is 1. The molecule has 3 N–H and O–H groups in total. The highest BCUT2D eigenvalue weighted by molar-refractivity contribution is 7.89. The van der Waals surface area contributed by atoms with Gasteiger partial charge >= 0.3 is 0 Å². The summed E-state index contributed by atoms with van der Waals surface area (Å²) in [5.74, 6) is -0.182. The van der Waals surface area contributed by atoms with Crippen molar-refractivity contribution in [2.45, 2.75) is 18.7 Å². The largest absolute Gasteiger partial charge is 0.375 e. The number of nitrogens with one attached hydrogen (secondary N) is 3. The molecule has 0 unspecified atom stereocenters. The molecule has 7 heteroatoms. The van der Waals surface area contributed by atoms with Gasteiger partial charge in [-0.2, -0.15) is 0 Å². The van der Waals surface area contributed by atoms with Gasteiger partial charge in [0, 0.05) is 13.1 Å². The monoisotopic (exact) mass is 285 g/mol. The second-order valence-electron chi connectivity index (χ2n) is 3.80. The number of hydrogen-bond donors (Lipinski definition) is 3. The van der Waals surface area contributed by atoms with Crippen LogP contribution in [0.15, 0.2) is 29.2 Å². The summed E-state index contributed by atoms with van der Waals surface area (Å²) >= 11 is 0. The van der Waals surface area contributed by atoms with Crippen LogP contribution in [0.25, 0.3) is 0 Å². The predicted molar refractivity (Wildman–Crippen MR) is 74.5 cm³/mol. The number of carbonyl (C=O) groups is 1. The Morgan fingerprint density at radius 2 is 1.84 bits per heavy atom. The molecule has 0 aliphatic carbocycles. The molecule has 0 atom stereocenters. The fourth-order valence-electron chi connectivity index (χ4n) is 1.55. The molecule has 0 aliphatic heterocycles. The van der Waals surface area contributed by atoms with E-state index in [4.69, 9.17) is 0 Å². The summed E-state index contributed by atoms with van der Waals surface area (Å²) in [6.07, 6.45) is 0. The molecule has 1 aromatic rings. The highest BCUT2D eigenvalue weighted by Gasteiger charge is 2.17. The van der Waals surface area contributed by atoms with E-state index in [-0.39, 0.29) is 17.3 Å². The first kappa shape index (κ1) is 15.5. The Morgan fingerprint density at radius 1 is 1.16 bits per heavy atom. The number of amides is 1. The molecule has 0 radical (unpaired) electrons. The summed E-state index contributed by atoms with van der Waals surface area (Å²) in [4.78, 5) is 11.5. The van der Waals surface area contributed by atoms with E-state index in [1.54, 1.807) is 25.1 Å². The van der Waals surface area contributed by atoms with E-state index in [1.807, 2.05) is 6.92 Å². The number of para-hydroxylation sites is 1. The fraction of sp³-hybridized carbons (Fsp3) is 0.417. The highest BCUT2D eigenvalue weighted by atomic mass is 32.2. The van der Waals surface area contributed by atoms with Crippen LogP contribution in [0.2, 0.25) is 0 Å². The summed E-state index contributed by atoms with van der Waals surface area (Å²) in [5.41, 5.74) is 0.412. The van der Waals surface area contributed by atoms with Crippen LogP contribution >= 0.6 is 0 Å². The van der Waals surface area contributed by atoms with E-state index in [2.05, 4.69) is 15.4 Å². The van der Waals surface area contributed by atoms with Crippen LogP contribution in [0, 0.1) is 0 Å². The lowest BCUT2D eigenvalue weighted by atomic mass is 10.3. The Labute approximate surface area is 113 Å². The smallest absolute Gasteiger partial charge is 0.242 e. The van der Waals surface area contributed by atoms with Crippen LogP contribution in [0.1, 0.15) is 13.8 Å². The highest BCUT2D eigenvalue weighted by Crippen LogP contribution is 2.20. The normalized spacial score (nSPS) is 11.1. The number of anilines is 1. The van der Waals surface area contributed by atoms with E-state index < -0.39 is 10.0 Å². The van der Waals surface area contributed by atoms with Crippen molar-refractivity contribution in [3.05, 3.63) is 24.3 Å². The molecule has 0 saturated heterocycles. The summed E-state index contributed by atoms with van der Waals surface area (Å²) in [6, 6.07) is 6.48. The molecule has 0 bridgehead atoms. The van der Waals surface area contributed by atoms with Gasteiger partial charge in [-0.1, -0.05) is 19.1 Å². The molecule has 0 aromatic heterocycles. The molecule has 19 heavy (non-hydrogen) atoms. The van der Waals surface area contributed by atoms with Crippen molar-refractivity contribution in [1.29, 1.82) is 0 Å². The zero-order valence-corrected chi connectivity index (χ0v) is 11.9. The van der Waals surface area contributed by atoms with Gasteiger partial charge in [-0.15, -0.1) is 0 Å². The zero-order chi connectivity index (χ0) is 14.3. The second-order valence-corrected chi connectivity index (χ2v) is 5.54. The molecule has 1 aromatic carbocycles. The van der Waals surface area contributed by atoms with Crippen LogP contribution < -0.4 is 15.4 Å². The van der Waals surface area contributed by atoms with Crippen molar-refractivity contribution in [3.63, 3.8) is 0 Å². The third kappa shape index (κ3) is 4.53. The minimum absolute atomic E-state index is 0.0342. The Hall–Kier alpha value is -1.60. The number of rotatable bonds is 7. The lowest BCUT2D eigenvalue weighted by Gasteiger charge is -2.12. The molecule has 0 heterocycles. The van der Waals surface area contributed by atoms with Crippen molar-refractivity contribution < 1.29 is 13.2 Å². The standard InChI is InChI=1S/C12H19N3O3S/c1-3-13-12(16)9-14-10-7-5-6-8-11(10)19(17,18)15-4-2/h5-8,14-15H,3-4,9H2,1-2H3,(H,13,16). The summed E-state index contributed by atoms with van der Waals surface area (Å²) < 4.78 is 26.4. The Morgan fingerprint density at radius 3 is 2.47 bits per heavy atom. The van der Waals surface area contributed by atoms with Gasteiger partial charge in [-0.3, -0.25) is 4.79 Å².